The molecule has 3 saturated heterocycles. The summed E-state index contributed by atoms with van der Waals surface area (Å²) in [5, 5.41) is 3.76. The van der Waals surface area contributed by atoms with Crippen LogP contribution in [-0.2, 0) is 0 Å². The summed E-state index contributed by atoms with van der Waals surface area (Å²) in [6.45, 7) is 1.60. The highest BCUT2D eigenvalue weighted by atomic mass is 35.5. The van der Waals surface area contributed by atoms with Crippen molar-refractivity contribution < 1.29 is 4.79 Å². The van der Waals surface area contributed by atoms with Gasteiger partial charge in [0, 0.05) is 36.9 Å². The van der Waals surface area contributed by atoms with Crippen molar-refractivity contribution in [3.63, 3.8) is 0 Å². The minimum Gasteiger partial charge on any atom is -0.336 e. The average molecular weight is 238 g/mol. The van der Waals surface area contributed by atoms with E-state index in [2.05, 4.69) is 10.3 Å². The predicted octanol–water partition coefficient (Wildman–Crippen LogP) is 0.921. The summed E-state index contributed by atoms with van der Waals surface area (Å²) in [6, 6.07) is 4.30. The minimum atomic E-state index is 0.0560. The smallest absolute Gasteiger partial charge is 0.254 e. The highest BCUT2D eigenvalue weighted by Crippen LogP contribution is 2.22. The van der Waals surface area contributed by atoms with Crippen molar-refractivity contribution in [1.29, 1.82) is 0 Å². The number of nitrogens with zero attached hydrogens (tertiary/aromatic N) is 2. The van der Waals surface area contributed by atoms with Gasteiger partial charge in [-0.15, -0.1) is 0 Å². The zero-order valence-corrected chi connectivity index (χ0v) is 9.44. The molecule has 1 N–H and O–H groups in total. The summed E-state index contributed by atoms with van der Waals surface area (Å²) in [6.07, 6.45) is 2.76. The Hall–Kier alpha value is -1.13. The third-order valence-corrected chi connectivity index (χ3v) is 3.39. The zero-order valence-electron chi connectivity index (χ0n) is 8.69. The molecule has 0 spiro atoms. The first kappa shape index (κ1) is 10.1. The van der Waals surface area contributed by atoms with Gasteiger partial charge in [-0.25, -0.2) is 4.98 Å². The van der Waals surface area contributed by atoms with Crippen LogP contribution in [0.3, 0.4) is 0 Å². The van der Waals surface area contributed by atoms with E-state index in [1.807, 2.05) is 4.90 Å². The number of nitrogens with one attached hydrogen (secondary N) is 1. The minimum absolute atomic E-state index is 0.0560. The molecule has 3 aliphatic rings. The Morgan fingerprint density at radius 3 is 2.81 bits per heavy atom. The molecule has 2 bridgehead atoms. The van der Waals surface area contributed by atoms with Crippen LogP contribution < -0.4 is 5.32 Å². The Bertz CT molecular complexity index is 421. The number of carbonyl (C=O) groups excluding carboxylic acids is 1. The topological polar surface area (TPSA) is 45.2 Å². The molecule has 0 aromatic carbocycles. The molecule has 5 heteroatoms. The second kappa shape index (κ2) is 3.71. The number of piperazine rings is 1. The number of rotatable bonds is 1. The molecule has 16 heavy (non-hydrogen) atoms. The summed E-state index contributed by atoms with van der Waals surface area (Å²) in [7, 11) is 0. The Kier molecular flexibility index (Phi) is 2.33. The number of hydrogen-bond acceptors (Lipinski definition) is 3. The van der Waals surface area contributed by atoms with Gasteiger partial charge in [0.2, 0.25) is 0 Å². The van der Waals surface area contributed by atoms with Crippen molar-refractivity contribution in [3.05, 3.63) is 29.0 Å². The van der Waals surface area contributed by atoms with Gasteiger partial charge < -0.3 is 10.2 Å². The van der Waals surface area contributed by atoms with Gasteiger partial charge in [0.15, 0.2) is 0 Å². The summed E-state index contributed by atoms with van der Waals surface area (Å²) < 4.78 is 0. The highest BCUT2D eigenvalue weighted by Gasteiger charge is 2.38. The van der Waals surface area contributed by atoms with Crippen LogP contribution in [0.2, 0.25) is 5.15 Å². The fourth-order valence-electron chi connectivity index (χ4n) is 2.40. The number of halogens is 1. The first-order chi connectivity index (χ1) is 7.72. The maximum atomic E-state index is 12.1. The first-order valence-corrected chi connectivity index (χ1v) is 5.77. The molecular weight excluding hydrogens is 226 g/mol. The molecule has 0 radical (unpaired) electrons. The first-order valence-electron chi connectivity index (χ1n) is 5.39. The molecular formula is C11H12ClN3O. The number of amides is 1. The molecule has 2 unspecified atom stereocenters. The Morgan fingerprint density at radius 2 is 2.19 bits per heavy atom. The number of piperidine rings is 1. The van der Waals surface area contributed by atoms with Crippen LogP contribution in [0.25, 0.3) is 0 Å². The predicted molar refractivity (Wildman–Crippen MR) is 60.5 cm³/mol. The van der Waals surface area contributed by atoms with E-state index in [0.29, 0.717) is 22.8 Å². The highest BCUT2D eigenvalue weighted by molar-refractivity contribution is 6.29. The number of hydrogen-bond donors (Lipinski definition) is 1. The van der Waals surface area contributed by atoms with Crippen molar-refractivity contribution >= 4 is 17.5 Å². The van der Waals surface area contributed by atoms with Gasteiger partial charge in [-0.05, 0) is 18.6 Å². The molecule has 4 heterocycles. The lowest BCUT2D eigenvalue weighted by atomic mass is 9.91. The summed E-state index contributed by atoms with van der Waals surface area (Å²) >= 11 is 5.77. The Balaban J connectivity index is 1.77. The average Bonchev–Trinajstić information content (AvgIpc) is 2.27. The van der Waals surface area contributed by atoms with E-state index in [-0.39, 0.29) is 5.91 Å². The third kappa shape index (κ3) is 1.68. The lowest BCUT2D eigenvalue weighted by molar-refractivity contribution is 0.0473. The van der Waals surface area contributed by atoms with Crippen LogP contribution in [0.5, 0.6) is 0 Å². The number of pyridine rings is 1. The standard InChI is InChI=1S/C11H12ClN3O/c12-10-3-7(1-2-13-10)11(16)15-5-8-4-9(6-15)14-8/h1-3,8-9,14H,4-6H2. The molecule has 1 aromatic rings. The molecule has 1 aromatic heterocycles. The van der Waals surface area contributed by atoms with Crippen LogP contribution in [0.15, 0.2) is 18.3 Å². The lowest BCUT2D eigenvalue weighted by Gasteiger charge is -2.48. The van der Waals surface area contributed by atoms with Gasteiger partial charge in [0.05, 0.1) is 0 Å². The van der Waals surface area contributed by atoms with Crippen LogP contribution in [0.4, 0.5) is 0 Å². The molecule has 84 valence electrons. The van der Waals surface area contributed by atoms with Crippen molar-refractivity contribution in [2.75, 3.05) is 13.1 Å². The van der Waals surface area contributed by atoms with Crippen molar-refractivity contribution in [2.45, 2.75) is 18.5 Å². The second-order valence-electron chi connectivity index (χ2n) is 4.37. The van der Waals surface area contributed by atoms with Crippen LogP contribution in [-0.4, -0.2) is 41.0 Å². The monoisotopic (exact) mass is 237 g/mol. The van der Waals surface area contributed by atoms with Gasteiger partial charge in [0.1, 0.15) is 5.15 Å². The quantitative estimate of drug-likeness (QED) is 0.739. The maximum absolute atomic E-state index is 12.1. The zero-order chi connectivity index (χ0) is 11.1. The molecule has 0 aliphatic carbocycles. The number of aromatic nitrogens is 1. The molecule has 4 nitrogen and oxygen atoms in total. The molecule has 1 amide bonds. The molecule has 2 atom stereocenters. The van der Waals surface area contributed by atoms with Gasteiger partial charge in [0.25, 0.3) is 5.91 Å². The molecule has 3 fully saturated rings. The van der Waals surface area contributed by atoms with Crippen molar-refractivity contribution in [1.82, 2.24) is 15.2 Å². The van der Waals surface area contributed by atoms with Gasteiger partial charge in [-0.1, -0.05) is 11.6 Å². The van der Waals surface area contributed by atoms with E-state index in [1.165, 1.54) is 6.42 Å². The lowest BCUT2D eigenvalue weighted by Crippen LogP contribution is -2.67. The summed E-state index contributed by atoms with van der Waals surface area (Å²) in [4.78, 5) is 17.9. The molecule has 0 saturated carbocycles. The second-order valence-corrected chi connectivity index (χ2v) is 4.76. The van der Waals surface area contributed by atoms with E-state index >= 15 is 0 Å². The van der Waals surface area contributed by atoms with E-state index in [0.717, 1.165) is 13.1 Å². The van der Waals surface area contributed by atoms with E-state index in [1.54, 1.807) is 18.3 Å². The summed E-state index contributed by atoms with van der Waals surface area (Å²) in [5.74, 6) is 0.0560. The number of carbonyl (C=O) groups is 1. The van der Waals surface area contributed by atoms with E-state index < -0.39 is 0 Å². The van der Waals surface area contributed by atoms with Crippen LogP contribution >= 0.6 is 11.6 Å². The largest absolute Gasteiger partial charge is 0.336 e. The van der Waals surface area contributed by atoms with Crippen molar-refractivity contribution in [2.24, 2.45) is 0 Å². The molecule has 3 aliphatic heterocycles. The Morgan fingerprint density at radius 1 is 1.50 bits per heavy atom. The SMILES string of the molecule is O=C(c1ccnc(Cl)c1)N1CC2CC(C1)N2. The Labute approximate surface area is 98.6 Å². The van der Waals surface area contributed by atoms with E-state index in [9.17, 15) is 4.79 Å². The van der Waals surface area contributed by atoms with Gasteiger partial charge in [-0.2, -0.15) is 0 Å². The van der Waals surface area contributed by atoms with Gasteiger partial charge in [-0.3, -0.25) is 4.79 Å². The summed E-state index contributed by atoms with van der Waals surface area (Å²) in [5.41, 5.74) is 0.626. The van der Waals surface area contributed by atoms with Crippen molar-refractivity contribution in [3.8, 4) is 0 Å². The fourth-order valence-corrected chi connectivity index (χ4v) is 2.57. The van der Waals surface area contributed by atoms with Crippen LogP contribution in [0, 0.1) is 0 Å². The maximum Gasteiger partial charge on any atom is 0.254 e. The van der Waals surface area contributed by atoms with Gasteiger partial charge >= 0.3 is 0 Å². The van der Waals surface area contributed by atoms with Crippen LogP contribution in [0.1, 0.15) is 16.8 Å². The molecule has 4 rings (SSSR count). The third-order valence-electron chi connectivity index (χ3n) is 3.18. The van der Waals surface area contributed by atoms with E-state index in [4.69, 9.17) is 11.6 Å². The fraction of sp³-hybridized carbons (Fsp3) is 0.455. The number of fused-ring (bicyclic) bond motifs is 2. The normalized spacial score (nSPS) is 27.4.